The Morgan fingerprint density at radius 2 is 1.75 bits per heavy atom. The Hall–Kier alpha value is -2.22. The first kappa shape index (κ1) is 14.2. The summed E-state index contributed by atoms with van der Waals surface area (Å²) in [6.07, 6.45) is 4.72. The van der Waals surface area contributed by atoms with Gasteiger partial charge in [0.05, 0.1) is 13.4 Å². The fraction of sp³-hybridized carbons (Fsp3) is 0.222. The van der Waals surface area contributed by atoms with Crippen LogP contribution in [0, 0.1) is 6.92 Å². The van der Waals surface area contributed by atoms with Crippen molar-refractivity contribution in [2.24, 2.45) is 0 Å². The number of rotatable bonds is 6. The third kappa shape index (κ3) is 4.16. The lowest BCUT2D eigenvalue weighted by molar-refractivity contribution is 0.235. The Bertz CT molecular complexity index is 556. The fourth-order valence-electron chi connectivity index (χ4n) is 1.95. The van der Waals surface area contributed by atoms with Crippen LogP contribution in [0.3, 0.4) is 0 Å². The fourth-order valence-corrected chi connectivity index (χ4v) is 1.95. The molecule has 104 valence electrons. The van der Waals surface area contributed by atoms with Gasteiger partial charge >= 0.3 is 0 Å². The summed E-state index contributed by atoms with van der Waals surface area (Å²) in [4.78, 5) is 0. The van der Waals surface area contributed by atoms with Crippen LogP contribution >= 0.6 is 0 Å². The van der Waals surface area contributed by atoms with Crippen LogP contribution in [-0.2, 0) is 17.8 Å². The lowest BCUT2D eigenvalue weighted by atomic mass is 10.1. The van der Waals surface area contributed by atoms with Gasteiger partial charge in [-0.05, 0) is 48.2 Å². The zero-order valence-corrected chi connectivity index (χ0v) is 12.0. The van der Waals surface area contributed by atoms with Crippen LogP contribution in [0.25, 0.3) is 0 Å². The molecule has 0 spiro atoms. The first-order chi connectivity index (χ1) is 9.79. The molecule has 0 saturated carbocycles. The number of hydrogen-bond donors (Lipinski definition) is 0. The van der Waals surface area contributed by atoms with Crippen molar-refractivity contribution in [1.29, 1.82) is 0 Å². The standard InChI is InChI=1S/C18H20O2/c1-15-6-3-4-7-17(15)8-5-13-20-14-16-9-11-18(19-2)12-10-16/h3-7,9-13H,8,14H2,1-2H3. The van der Waals surface area contributed by atoms with Gasteiger partial charge in [-0.15, -0.1) is 0 Å². The van der Waals surface area contributed by atoms with E-state index >= 15 is 0 Å². The van der Waals surface area contributed by atoms with Gasteiger partial charge < -0.3 is 9.47 Å². The predicted octanol–water partition coefficient (Wildman–Crippen LogP) is 4.28. The summed E-state index contributed by atoms with van der Waals surface area (Å²) in [5, 5.41) is 0. The van der Waals surface area contributed by atoms with Crippen LogP contribution in [0.2, 0.25) is 0 Å². The monoisotopic (exact) mass is 268 g/mol. The van der Waals surface area contributed by atoms with Crippen molar-refractivity contribution in [1.82, 2.24) is 0 Å². The molecule has 2 heteroatoms. The maximum atomic E-state index is 5.53. The Balaban J connectivity index is 1.77. The molecule has 0 aliphatic heterocycles. The lowest BCUT2D eigenvalue weighted by Crippen LogP contribution is -1.89. The van der Waals surface area contributed by atoms with E-state index < -0.39 is 0 Å². The van der Waals surface area contributed by atoms with Gasteiger partial charge in [0.15, 0.2) is 0 Å². The molecule has 0 bridgehead atoms. The molecular formula is C18H20O2. The van der Waals surface area contributed by atoms with Crippen LogP contribution in [0.15, 0.2) is 60.9 Å². The molecule has 0 radical (unpaired) electrons. The summed E-state index contributed by atoms with van der Waals surface area (Å²) >= 11 is 0. The quantitative estimate of drug-likeness (QED) is 0.728. The van der Waals surface area contributed by atoms with Crippen LogP contribution in [-0.4, -0.2) is 7.11 Å². The summed E-state index contributed by atoms with van der Waals surface area (Å²) < 4.78 is 10.7. The Kier molecular flexibility index (Phi) is 5.24. The number of ether oxygens (including phenoxy) is 2. The molecule has 0 unspecified atom stereocenters. The Morgan fingerprint density at radius 1 is 1.00 bits per heavy atom. The van der Waals surface area contributed by atoms with E-state index in [4.69, 9.17) is 9.47 Å². The Labute approximate surface area is 120 Å². The summed E-state index contributed by atoms with van der Waals surface area (Å²) in [6, 6.07) is 16.3. The van der Waals surface area contributed by atoms with Crippen molar-refractivity contribution >= 4 is 0 Å². The van der Waals surface area contributed by atoms with Gasteiger partial charge in [0.1, 0.15) is 12.4 Å². The molecule has 0 saturated heterocycles. The van der Waals surface area contributed by atoms with Crippen molar-refractivity contribution in [3.05, 3.63) is 77.6 Å². The van der Waals surface area contributed by atoms with Gasteiger partial charge in [0.2, 0.25) is 0 Å². The molecule has 2 rings (SSSR count). The van der Waals surface area contributed by atoms with Gasteiger partial charge in [0, 0.05) is 0 Å². The minimum absolute atomic E-state index is 0.578. The highest BCUT2D eigenvalue weighted by molar-refractivity contribution is 5.28. The number of aryl methyl sites for hydroxylation is 1. The molecule has 0 aromatic heterocycles. The second kappa shape index (κ2) is 7.39. The van der Waals surface area contributed by atoms with Crippen molar-refractivity contribution in [2.45, 2.75) is 20.0 Å². The smallest absolute Gasteiger partial charge is 0.118 e. The van der Waals surface area contributed by atoms with Crippen molar-refractivity contribution in [3.8, 4) is 5.75 Å². The van der Waals surface area contributed by atoms with E-state index in [0.29, 0.717) is 6.61 Å². The van der Waals surface area contributed by atoms with Crippen molar-refractivity contribution in [2.75, 3.05) is 7.11 Å². The van der Waals surface area contributed by atoms with Gasteiger partial charge in [0.25, 0.3) is 0 Å². The average molecular weight is 268 g/mol. The predicted molar refractivity (Wildman–Crippen MR) is 81.8 cm³/mol. The van der Waals surface area contributed by atoms with E-state index in [-0.39, 0.29) is 0 Å². The molecular weight excluding hydrogens is 248 g/mol. The average Bonchev–Trinajstić information content (AvgIpc) is 2.49. The minimum atomic E-state index is 0.578. The highest BCUT2D eigenvalue weighted by atomic mass is 16.5. The SMILES string of the molecule is COc1ccc(COC=CCc2ccccc2C)cc1. The van der Waals surface area contributed by atoms with E-state index in [0.717, 1.165) is 17.7 Å². The summed E-state index contributed by atoms with van der Waals surface area (Å²) in [5.41, 5.74) is 3.77. The maximum absolute atomic E-state index is 5.53. The molecule has 2 nitrogen and oxygen atoms in total. The van der Waals surface area contributed by atoms with Crippen LogP contribution < -0.4 is 4.74 Å². The zero-order valence-electron chi connectivity index (χ0n) is 12.0. The third-order valence-electron chi connectivity index (χ3n) is 3.20. The third-order valence-corrected chi connectivity index (χ3v) is 3.20. The van der Waals surface area contributed by atoms with E-state index in [1.54, 1.807) is 13.4 Å². The van der Waals surface area contributed by atoms with Gasteiger partial charge in [-0.25, -0.2) is 0 Å². The highest BCUT2D eigenvalue weighted by Crippen LogP contribution is 2.12. The molecule has 0 N–H and O–H groups in total. The second-order valence-electron chi connectivity index (χ2n) is 4.66. The zero-order chi connectivity index (χ0) is 14.2. The van der Waals surface area contributed by atoms with E-state index in [9.17, 15) is 0 Å². The highest BCUT2D eigenvalue weighted by Gasteiger charge is 1.95. The molecule has 0 aliphatic rings. The van der Waals surface area contributed by atoms with Crippen molar-refractivity contribution < 1.29 is 9.47 Å². The molecule has 2 aromatic carbocycles. The number of benzene rings is 2. The molecule has 0 heterocycles. The summed E-state index contributed by atoms with van der Waals surface area (Å²) in [5.74, 6) is 0.865. The van der Waals surface area contributed by atoms with E-state index in [2.05, 4.69) is 31.2 Å². The van der Waals surface area contributed by atoms with Gasteiger partial charge in [-0.1, -0.05) is 36.4 Å². The van der Waals surface area contributed by atoms with Crippen LogP contribution in [0.1, 0.15) is 16.7 Å². The number of allylic oxidation sites excluding steroid dienone is 1. The van der Waals surface area contributed by atoms with Gasteiger partial charge in [-0.2, -0.15) is 0 Å². The van der Waals surface area contributed by atoms with Crippen LogP contribution in [0.4, 0.5) is 0 Å². The van der Waals surface area contributed by atoms with Gasteiger partial charge in [-0.3, -0.25) is 0 Å². The normalized spacial score (nSPS) is 10.7. The summed E-state index contributed by atoms with van der Waals surface area (Å²) in [6.45, 7) is 2.70. The number of methoxy groups -OCH3 is 1. The lowest BCUT2D eigenvalue weighted by Gasteiger charge is -2.04. The number of hydrogen-bond acceptors (Lipinski definition) is 2. The topological polar surface area (TPSA) is 18.5 Å². The maximum Gasteiger partial charge on any atom is 0.118 e. The van der Waals surface area contributed by atoms with Crippen molar-refractivity contribution in [3.63, 3.8) is 0 Å². The molecule has 0 aliphatic carbocycles. The van der Waals surface area contributed by atoms with E-state index in [1.165, 1.54) is 11.1 Å². The summed E-state index contributed by atoms with van der Waals surface area (Å²) in [7, 11) is 1.67. The molecule has 20 heavy (non-hydrogen) atoms. The molecule has 0 amide bonds. The van der Waals surface area contributed by atoms with Crippen LogP contribution in [0.5, 0.6) is 5.75 Å². The van der Waals surface area contributed by atoms with E-state index in [1.807, 2.05) is 30.3 Å². The molecule has 2 aromatic rings. The first-order valence-electron chi connectivity index (χ1n) is 6.73. The molecule has 0 fully saturated rings. The first-order valence-corrected chi connectivity index (χ1v) is 6.73. The molecule has 0 atom stereocenters. The second-order valence-corrected chi connectivity index (χ2v) is 4.66. The Morgan fingerprint density at radius 3 is 2.45 bits per heavy atom. The largest absolute Gasteiger partial charge is 0.497 e. The minimum Gasteiger partial charge on any atom is -0.497 e.